The van der Waals surface area contributed by atoms with E-state index in [2.05, 4.69) is 27.7 Å². The minimum absolute atomic E-state index is 0.353. The number of hydrogen-bond donors (Lipinski definition) is 0. The first kappa shape index (κ1) is 23.0. The number of carbonyl (C=O) groups excluding carboxylic acids is 2. The van der Waals surface area contributed by atoms with Crippen LogP contribution in [0.5, 0.6) is 0 Å². The molecule has 0 aromatic carbocycles. The van der Waals surface area contributed by atoms with E-state index in [1.165, 1.54) is 0 Å². The molecule has 0 bridgehead atoms. The van der Waals surface area contributed by atoms with Gasteiger partial charge in [0.05, 0.1) is 13.2 Å². The molecule has 0 aliphatic heterocycles. The number of carbonyl (C=O) groups is 2. The van der Waals surface area contributed by atoms with Gasteiger partial charge in [-0.2, -0.15) is 0 Å². The van der Waals surface area contributed by atoms with Crippen LogP contribution in [0.3, 0.4) is 0 Å². The van der Waals surface area contributed by atoms with Gasteiger partial charge in [-0.15, -0.1) is 0 Å². The van der Waals surface area contributed by atoms with E-state index < -0.39 is 5.41 Å². The second-order valence-corrected chi connectivity index (χ2v) is 8.69. The maximum Gasteiger partial charge on any atom is 0.323 e. The highest BCUT2D eigenvalue weighted by molar-refractivity contribution is 6.00. The van der Waals surface area contributed by atoms with Crippen molar-refractivity contribution in [1.29, 1.82) is 0 Å². The summed E-state index contributed by atoms with van der Waals surface area (Å²) < 4.78 is 11.0. The molecule has 0 spiro atoms. The van der Waals surface area contributed by atoms with E-state index >= 15 is 0 Å². The third kappa shape index (κ3) is 8.09. The van der Waals surface area contributed by atoms with Crippen LogP contribution in [0.1, 0.15) is 98.3 Å². The second-order valence-electron chi connectivity index (χ2n) is 8.69. The van der Waals surface area contributed by atoms with Crippen LogP contribution in [0, 0.1) is 17.3 Å². The van der Waals surface area contributed by atoms with Crippen LogP contribution < -0.4 is 0 Å². The van der Waals surface area contributed by atoms with Crippen LogP contribution in [0.2, 0.25) is 0 Å². The molecule has 0 heterocycles. The Morgan fingerprint density at radius 1 is 0.731 bits per heavy atom. The van der Waals surface area contributed by atoms with Gasteiger partial charge in [-0.25, -0.2) is 0 Å². The van der Waals surface area contributed by atoms with E-state index in [-0.39, 0.29) is 11.9 Å². The lowest BCUT2D eigenvalue weighted by atomic mass is 9.74. The average Bonchev–Trinajstić information content (AvgIpc) is 2.60. The van der Waals surface area contributed by atoms with Crippen LogP contribution in [0.4, 0.5) is 0 Å². The first-order chi connectivity index (χ1) is 12.4. The lowest BCUT2D eigenvalue weighted by Gasteiger charge is -2.32. The third-order valence-electron chi connectivity index (χ3n) is 5.31. The van der Waals surface area contributed by atoms with Gasteiger partial charge in [-0.3, -0.25) is 9.59 Å². The Kier molecular flexibility index (Phi) is 10.9. The summed E-state index contributed by atoms with van der Waals surface area (Å²) in [7, 11) is 0. The highest BCUT2D eigenvalue weighted by atomic mass is 16.6. The molecule has 0 aromatic heterocycles. The zero-order valence-corrected chi connectivity index (χ0v) is 17.5. The van der Waals surface area contributed by atoms with Gasteiger partial charge in [0, 0.05) is 0 Å². The maximum absolute atomic E-state index is 12.7. The summed E-state index contributed by atoms with van der Waals surface area (Å²) >= 11 is 0. The van der Waals surface area contributed by atoms with Crippen molar-refractivity contribution in [3.05, 3.63) is 0 Å². The maximum atomic E-state index is 12.7. The quantitative estimate of drug-likeness (QED) is 0.253. The summed E-state index contributed by atoms with van der Waals surface area (Å²) in [5.74, 6) is 0.630. The van der Waals surface area contributed by atoms with Crippen molar-refractivity contribution < 1.29 is 19.1 Å². The molecule has 0 unspecified atom stereocenters. The molecular formula is C22H40O4. The Morgan fingerprint density at radius 3 is 1.54 bits per heavy atom. The summed E-state index contributed by atoms with van der Waals surface area (Å²) in [6, 6.07) is 0. The molecule has 0 N–H and O–H groups in total. The number of rotatable bonds is 12. The van der Waals surface area contributed by atoms with Gasteiger partial charge in [0.1, 0.15) is 0 Å². The lowest BCUT2D eigenvalue weighted by molar-refractivity contribution is -0.175. The Balaban J connectivity index is 2.46. The first-order valence-corrected chi connectivity index (χ1v) is 10.7. The minimum atomic E-state index is -1.05. The fourth-order valence-corrected chi connectivity index (χ4v) is 3.56. The van der Waals surface area contributed by atoms with E-state index in [1.807, 2.05) is 0 Å². The fraction of sp³-hybridized carbons (Fsp3) is 0.909. The predicted molar refractivity (Wildman–Crippen MR) is 105 cm³/mol. The molecular weight excluding hydrogens is 328 g/mol. The van der Waals surface area contributed by atoms with Gasteiger partial charge in [0.2, 0.25) is 0 Å². The molecule has 152 valence electrons. The number of ether oxygens (including phenoxy) is 2. The van der Waals surface area contributed by atoms with Crippen LogP contribution >= 0.6 is 0 Å². The normalized spacial score (nSPS) is 16.7. The fourth-order valence-electron chi connectivity index (χ4n) is 3.56. The van der Waals surface area contributed by atoms with Crippen molar-refractivity contribution >= 4 is 11.9 Å². The molecule has 0 amide bonds. The first-order valence-electron chi connectivity index (χ1n) is 10.7. The van der Waals surface area contributed by atoms with Crippen molar-refractivity contribution in [1.82, 2.24) is 0 Å². The van der Waals surface area contributed by atoms with Crippen LogP contribution in [-0.2, 0) is 19.1 Å². The van der Waals surface area contributed by atoms with Crippen molar-refractivity contribution in [2.24, 2.45) is 17.3 Å². The lowest BCUT2D eigenvalue weighted by Crippen LogP contribution is -2.43. The molecule has 0 radical (unpaired) electrons. The van der Waals surface area contributed by atoms with Gasteiger partial charge < -0.3 is 9.47 Å². The van der Waals surface area contributed by atoms with Gasteiger partial charge in [0.15, 0.2) is 5.41 Å². The van der Waals surface area contributed by atoms with Crippen molar-refractivity contribution in [2.45, 2.75) is 98.3 Å². The zero-order chi connectivity index (χ0) is 19.4. The van der Waals surface area contributed by atoms with E-state index in [1.54, 1.807) is 0 Å². The van der Waals surface area contributed by atoms with E-state index in [0.717, 1.165) is 57.8 Å². The third-order valence-corrected chi connectivity index (χ3v) is 5.31. The van der Waals surface area contributed by atoms with Gasteiger partial charge >= 0.3 is 11.9 Å². The zero-order valence-electron chi connectivity index (χ0n) is 17.5. The molecule has 0 atom stereocenters. The molecule has 0 saturated heterocycles. The van der Waals surface area contributed by atoms with Crippen molar-refractivity contribution in [3.8, 4) is 0 Å². The second kappa shape index (κ2) is 12.3. The smallest absolute Gasteiger partial charge is 0.323 e. The molecule has 1 aliphatic rings. The summed E-state index contributed by atoms with van der Waals surface area (Å²) in [6.07, 6.45) is 10.1. The minimum Gasteiger partial charge on any atom is -0.465 e. The topological polar surface area (TPSA) is 52.6 Å². The van der Waals surface area contributed by atoms with E-state index in [0.29, 0.717) is 37.9 Å². The Hall–Kier alpha value is -1.06. The van der Waals surface area contributed by atoms with Gasteiger partial charge in [-0.05, 0) is 50.4 Å². The van der Waals surface area contributed by atoms with Crippen molar-refractivity contribution in [2.75, 3.05) is 13.2 Å². The molecule has 1 fully saturated rings. The average molecular weight is 369 g/mol. The Labute approximate surface area is 160 Å². The van der Waals surface area contributed by atoms with Crippen molar-refractivity contribution in [3.63, 3.8) is 0 Å². The SMILES string of the molecule is CC(C)CCCCOC(=O)C1(C(=O)OCCCCC(C)C)CCCCC1. The van der Waals surface area contributed by atoms with Crippen LogP contribution in [0.25, 0.3) is 0 Å². The number of unbranched alkanes of at least 4 members (excludes halogenated alkanes) is 2. The molecule has 1 saturated carbocycles. The molecule has 0 aromatic rings. The monoisotopic (exact) mass is 368 g/mol. The molecule has 4 heteroatoms. The Morgan fingerprint density at radius 2 is 1.15 bits per heavy atom. The summed E-state index contributed by atoms with van der Waals surface area (Å²) in [5, 5.41) is 0. The number of esters is 2. The van der Waals surface area contributed by atoms with E-state index in [4.69, 9.17) is 9.47 Å². The van der Waals surface area contributed by atoms with Gasteiger partial charge in [-0.1, -0.05) is 59.8 Å². The predicted octanol–water partition coefficient (Wildman–Crippen LogP) is 5.68. The summed E-state index contributed by atoms with van der Waals surface area (Å²) in [6.45, 7) is 9.60. The molecule has 1 rings (SSSR count). The highest BCUT2D eigenvalue weighted by Crippen LogP contribution is 2.39. The molecule has 4 nitrogen and oxygen atoms in total. The van der Waals surface area contributed by atoms with E-state index in [9.17, 15) is 9.59 Å². The van der Waals surface area contributed by atoms with Crippen LogP contribution in [0.15, 0.2) is 0 Å². The number of hydrogen-bond acceptors (Lipinski definition) is 4. The van der Waals surface area contributed by atoms with Gasteiger partial charge in [0.25, 0.3) is 0 Å². The largest absolute Gasteiger partial charge is 0.465 e. The summed E-state index contributed by atoms with van der Waals surface area (Å²) in [5.41, 5.74) is -1.05. The van der Waals surface area contributed by atoms with Crippen LogP contribution in [-0.4, -0.2) is 25.2 Å². The highest BCUT2D eigenvalue weighted by Gasteiger charge is 2.49. The standard InChI is InChI=1S/C22H40O4/c1-18(2)12-6-10-16-25-20(23)22(14-8-5-9-15-22)21(24)26-17-11-7-13-19(3)4/h18-19H,5-17H2,1-4H3. The molecule has 1 aliphatic carbocycles. The summed E-state index contributed by atoms with van der Waals surface area (Å²) in [4.78, 5) is 25.4. The molecule has 26 heavy (non-hydrogen) atoms. The Bertz CT molecular complexity index is 376.